The van der Waals surface area contributed by atoms with Gasteiger partial charge in [0, 0.05) is 21.6 Å². The van der Waals surface area contributed by atoms with Gasteiger partial charge in [-0.3, -0.25) is 9.89 Å². The maximum atomic E-state index is 12.0. The third-order valence-electron chi connectivity index (χ3n) is 3.58. The van der Waals surface area contributed by atoms with Crippen molar-refractivity contribution in [2.75, 3.05) is 12.3 Å². The third kappa shape index (κ3) is 5.33. The van der Waals surface area contributed by atoms with Gasteiger partial charge in [0.05, 0.1) is 5.75 Å². The van der Waals surface area contributed by atoms with Crippen LogP contribution in [0.4, 0.5) is 0 Å². The van der Waals surface area contributed by atoms with Crippen molar-refractivity contribution < 1.29 is 4.79 Å². The van der Waals surface area contributed by atoms with E-state index in [9.17, 15) is 4.79 Å². The zero-order chi connectivity index (χ0) is 18.4. The van der Waals surface area contributed by atoms with Gasteiger partial charge >= 0.3 is 0 Å². The Hall–Kier alpha value is -1.83. The van der Waals surface area contributed by atoms with Crippen molar-refractivity contribution in [3.63, 3.8) is 0 Å². The van der Waals surface area contributed by atoms with E-state index in [2.05, 4.69) is 36.4 Å². The normalized spacial score (nSPS) is 10.7. The highest BCUT2D eigenvalue weighted by atomic mass is 79.9. The van der Waals surface area contributed by atoms with Gasteiger partial charge in [-0.15, -0.1) is 5.10 Å². The number of carbonyl (C=O) groups is 1. The summed E-state index contributed by atoms with van der Waals surface area (Å²) in [5.74, 6) is 0.896. The van der Waals surface area contributed by atoms with Gasteiger partial charge in [-0.1, -0.05) is 69.6 Å². The number of aromatic nitrogens is 3. The Morgan fingerprint density at radius 2 is 1.96 bits per heavy atom. The fourth-order valence-electron chi connectivity index (χ4n) is 2.26. The summed E-state index contributed by atoms with van der Waals surface area (Å²) in [7, 11) is 0. The van der Waals surface area contributed by atoms with Crippen molar-refractivity contribution in [2.45, 2.75) is 11.6 Å². The van der Waals surface area contributed by atoms with Crippen LogP contribution in [0, 0.1) is 0 Å². The zero-order valence-electron chi connectivity index (χ0n) is 13.7. The lowest BCUT2D eigenvalue weighted by Gasteiger charge is -2.04. The lowest BCUT2D eigenvalue weighted by molar-refractivity contribution is -0.118. The van der Waals surface area contributed by atoms with Crippen LogP contribution in [0.15, 0.2) is 58.2 Å². The molecule has 2 aromatic carbocycles. The van der Waals surface area contributed by atoms with Crippen LogP contribution in [0.25, 0.3) is 11.4 Å². The van der Waals surface area contributed by atoms with E-state index in [0.717, 1.165) is 22.0 Å². The van der Waals surface area contributed by atoms with Crippen molar-refractivity contribution >= 4 is 45.2 Å². The van der Waals surface area contributed by atoms with Crippen LogP contribution in [0.5, 0.6) is 0 Å². The second-order valence-corrected chi connectivity index (χ2v) is 7.69. The van der Waals surface area contributed by atoms with Crippen molar-refractivity contribution in [2.24, 2.45) is 0 Å². The van der Waals surface area contributed by atoms with Crippen LogP contribution in [0.1, 0.15) is 5.56 Å². The Bertz CT molecular complexity index is 885. The first-order valence-electron chi connectivity index (χ1n) is 7.93. The minimum atomic E-state index is -0.0452. The quantitative estimate of drug-likeness (QED) is 0.524. The number of amides is 1. The number of halogens is 2. The minimum Gasteiger partial charge on any atom is -0.355 e. The number of hydrogen-bond acceptors (Lipinski definition) is 4. The second kappa shape index (κ2) is 9.21. The van der Waals surface area contributed by atoms with Gasteiger partial charge in [-0.25, -0.2) is 4.98 Å². The van der Waals surface area contributed by atoms with E-state index in [4.69, 9.17) is 11.6 Å². The molecule has 0 fully saturated rings. The molecule has 0 saturated carbocycles. The van der Waals surface area contributed by atoms with Gasteiger partial charge in [0.2, 0.25) is 11.1 Å². The molecule has 1 aromatic heterocycles. The molecule has 0 radical (unpaired) electrons. The van der Waals surface area contributed by atoms with Crippen molar-refractivity contribution in [1.82, 2.24) is 20.5 Å². The fraction of sp³-hybridized carbons (Fsp3) is 0.167. The Balaban J connectivity index is 1.45. The Morgan fingerprint density at radius 1 is 1.19 bits per heavy atom. The van der Waals surface area contributed by atoms with Gasteiger partial charge in [0.15, 0.2) is 5.82 Å². The lowest BCUT2D eigenvalue weighted by Crippen LogP contribution is -2.27. The molecular formula is C18H16BrClN4OS. The second-order valence-electron chi connectivity index (χ2n) is 5.46. The number of nitrogens with one attached hydrogen (secondary N) is 2. The van der Waals surface area contributed by atoms with E-state index in [-0.39, 0.29) is 11.7 Å². The smallest absolute Gasteiger partial charge is 0.230 e. The predicted molar refractivity (Wildman–Crippen MR) is 108 cm³/mol. The Kier molecular flexibility index (Phi) is 6.71. The predicted octanol–water partition coefficient (Wildman–Crippen LogP) is 4.34. The molecule has 0 atom stereocenters. The average molecular weight is 452 g/mol. The van der Waals surface area contributed by atoms with Gasteiger partial charge in [-0.05, 0) is 30.2 Å². The molecule has 8 heteroatoms. The molecule has 0 unspecified atom stereocenters. The third-order valence-corrected chi connectivity index (χ3v) is 5.37. The summed E-state index contributed by atoms with van der Waals surface area (Å²) in [6, 6.07) is 15.4. The molecule has 1 heterocycles. The van der Waals surface area contributed by atoms with Gasteiger partial charge in [-0.2, -0.15) is 0 Å². The number of carbonyl (C=O) groups excluding carboxylic acids is 1. The number of benzene rings is 2. The van der Waals surface area contributed by atoms with Crippen LogP contribution in [-0.4, -0.2) is 33.4 Å². The minimum absolute atomic E-state index is 0.0452. The first-order chi connectivity index (χ1) is 12.6. The summed E-state index contributed by atoms with van der Waals surface area (Å²) >= 11 is 10.6. The molecule has 3 aromatic rings. The standard InChI is InChI=1S/C18H16BrClN4OS/c19-15-4-2-1-3-14(15)17-22-18(24-23-17)26-11-16(25)21-10-9-12-5-7-13(20)8-6-12/h1-8H,9-11H2,(H,21,25)(H,22,23,24). The van der Waals surface area contributed by atoms with E-state index in [0.29, 0.717) is 22.5 Å². The molecule has 3 rings (SSSR count). The van der Waals surface area contributed by atoms with Crippen molar-refractivity contribution in [3.8, 4) is 11.4 Å². The van der Waals surface area contributed by atoms with Crippen molar-refractivity contribution in [1.29, 1.82) is 0 Å². The Morgan fingerprint density at radius 3 is 2.73 bits per heavy atom. The van der Waals surface area contributed by atoms with Crippen LogP contribution >= 0.6 is 39.3 Å². The molecule has 134 valence electrons. The molecule has 5 nitrogen and oxygen atoms in total. The van der Waals surface area contributed by atoms with E-state index in [1.807, 2.05) is 48.5 Å². The van der Waals surface area contributed by atoms with E-state index in [1.54, 1.807) is 0 Å². The van der Waals surface area contributed by atoms with Crippen LogP contribution < -0.4 is 5.32 Å². The van der Waals surface area contributed by atoms with Crippen molar-refractivity contribution in [3.05, 3.63) is 63.6 Å². The topological polar surface area (TPSA) is 70.7 Å². The molecule has 0 bridgehead atoms. The molecule has 0 aliphatic heterocycles. The monoisotopic (exact) mass is 450 g/mol. The fourth-order valence-corrected chi connectivity index (χ4v) is 3.49. The van der Waals surface area contributed by atoms with Gasteiger partial charge in [0.1, 0.15) is 0 Å². The number of aromatic amines is 1. The molecular weight excluding hydrogens is 436 g/mol. The van der Waals surface area contributed by atoms with Crippen LogP contribution in [0.2, 0.25) is 5.02 Å². The number of rotatable bonds is 7. The summed E-state index contributed by atoms with van der Waals surface area (Å²) in [6.45, 7) is 0.581. The molecule has 1 amide bonds. The molecule has 0 saturated heterocycles. The molecule has 0 aliphatic carbocycles. The maximum Gasteiger partial charge on any atom is 0.230 e. The molecule has 0 aliphatic rings. The number of thioether (sulfide) groups is 1. The first kappa shape index (κ1) is 18.9. The number of hydrogen-bond donors (Lipinski definition) is 2. The summed E-state index contributed by atoms with van der Waals surface area (Å²) < 4.78 is 0.938. The summed E-state index contributed by atoms with van der Waals surface area (Å²) in [4.78, 5) is 16.4. The number of nitrogens with zero attached hydrogens (tertiary/aromatic N) is 2. The summed E-state index contributed by atoms with van der Waals surface area (Å²) in [6.07, 6.45) is 0.764. The van der Waals surface area contributed by atoms with E-state index in [1.165, 1.54) is 11.8 Å². The maximum absolute atomic E-state index is 12.0. The molecule has 0 spiro atoms. The van der Waals surface area contributed by atoms with E-state index < -0.39 is 0 Å². The van der Waals surface area contributed by atoms with Gasteiger partial charge in [0.25, 0.3) is 0 Å². The summed E-state index contributed by atoms with van der Waals surface area (Å²) in [5.41, 5.74) is 2.06. The largest absolute Gasteiger partial charge is 0.355 e. The van der Waals surface area contributed by atoms with Gasteiger partial charge < -0.3 is 5.32 Å². The van der Waals surface area contributed by atoms with Crippen LogP contribution in [-0.2, 0) is 11.2 Å². The Labute approximate surface area is 169 Å². The molecule has 26 heavy (non-hydrogen) atoms. The number of H-pyrrole nitrogens is 1. The lowest BCUT2D eigenvalue weighted by atomic mass is 10.1. The van der Waals surface area contributed by atoms with Crippen LogP contribution in [0.3, 0.4) is 0 Å². The summed E-state index contributed by atoms with van der Waals surface area (Å²) in [5, 5.41) is 11.2. The zero-order valence-corrected chi connectivity index (χ0v) is 16.9. The molecule has 2 N–H and O–H groups in total. The average Bonchev–Trinajstić information content (AvgIpc) is 3.11. The highest BCUT2D eigenvalue weighted by molar-refractivity contribution is 9.10. The van der Waals surface area contributed by atoms with E-state index >= 15 is 0 Å². The SMILES string of the molecule is O=C(CSc1n[nH]c(-c2ccccc2Br)n1)NCCc1ccc(Cl)cc1. The highest BCUT2D eigenvalue weighted by Gasteiger charge is 2.10. The highest BCUT2D eigenvalue weighted by Crippen LogP contribution is 2.26. The first-order valence-corrected chi connectivity index (χ1v) is 10.1.